The molecule has 1 aliphatic heterocycles. The van der Waals surface area contributed by atoms with Crippen molar-refractivity contribution in [3.05, 3.63) is 65.4 Å². The third-order valence-electron chi connectivity index (χ3n) is 4.89. The molecule has 0 bridgehead atoms. The highest BCUT2D eigenvalue weighted by atomic mass is 35.5. The number of amides is 1. The molecular formula is C20H23Cl3N4O. The van der Waals surface area contributed by atoms with Gasteiger partial charge in [0.25, 0.3) is 0 Å². The van der Waals surface area contributed by atoms with Crippen LogP contribution in [0.1, 0.15) is 18.0 Å². The Morgan fingerprint density at radius 3 is 2.82 bits per heavy atom. The highest BCUT2D eigenvalue weighted by molar-refractivity contribution is 6.30. The first kappa shape index (κ1) is 22.5. The van der Waals surface area contributed by atoms with Gasteiger partial charge >= 0.3 is 0 Å². The molecule has 1 aliphatic rings. The second kappa shape index (κ2) is 10.1. The number of imidazole rings is 1. The van der Waals surface area contributed by atoms with Gasteiger partial charge in [0, 0.05) is 37.6 Å². The maximum Gasteiger partial charge on any atom is 0.224 e. The Balaban J connectivity index is 0.00000140. The van der Waals surface area contributed by atoms with Crippen LogP contribution in [-0.2, 0) is 11.3 Å². The molecule has 1 atom stereocenters. The van der Waals surface area contributed by atoms with E-state index in [1.54, 1.807) is 0 Å². The van der Waals surface area contributed by atoms with E-state index in [2.05, 4.69) is 10.3 Å². The van der Waals surface area contributed by atoms with Crippen LogP contribution in [0.4, 0.5) is 0 Å². The molecule has 2 heterocycles. The fourth-order valence-corrected chi connectivity index (χ4v) is 3.76. The predicted octanol–water partition coefficient (Wildman–Crippen LogP) is 4.10. The first-order valence-corrected chi connectivity index (χ1v) is 9.26. The molecule has 0 spiro atoms. The van der Waals surface area contributed by atoms with Crippen LogP contribution in [0.3, 0.4) is 0 Å². The minimum Gasteiger partial charge on any atom is -0.333 e. The maximum absolute atomic E-state index is 12.9. The van der Waals surface area contributed by atoms with Crippen molar-refractivity contribution >= 4 is 53.4 Å². The molecule has 2 aromatic carbocycles. The molecule has 3 aromatic rings. The van der Waals surface area contributed by atoms with Gasteiger partial charge in [0.2, 0.25) is 5.91 Å². The number of piperazine rings is 1. The first-order valence-electron chi connectivity index (χ1n) is 8.88. The molecule has 1 saturated heterocycles. The predicted molar refractivity (Wildman–Crippen MR) is 118 cm³/mol. The largest absolute Gasteiger partial charge is 0.333 e. The van der Waals surface area contributed by atoms with E-state index in [1.807, 2.05) is 64.3 Å². The Hall–Kier alpha value is -1.79. The molecule has 1 N–H and O–H groups in total. The molecule has 8 heteroatoms. The van der Waals surface area contributed by atoms with E-state index in [4.69, 9.17) is 11.6 Å². The summed E-state index contributed by atoms with van der Waals surface area (Å²) in [6.07, 6.45) is 2.27. The van der Waals surface area contributed by atoms with Gasteiger partial charge < -0.3 is 14.8 Å². The Bertz CT molecular complexity index is 930. The third-order valence-corrected chi connectivity index (χ3v) is 5.13. The molecule has 0 saturated carbocycles. The number of hydrogen-bond donors (Lipinski definition) is 1. The second-order valence-corrected chi connectivity index (χ2v) is 6.98. The van der Waals surface area contributed by atoms with Gasteiger partial charge in [0.05, 0.1) is 23.4 Å². The highest BCUT2D eigenvalue weighted by Gasteiger charge is 2.27. The molecule has 150 valence electrons. The number of halogens is 3. The van der Waals surface area contributed by atoms with Crippen molar-refractivity contribution in [2.75, 3.05) is 19.6 Å². The number of benzene rings is 2. The van der Waals surface area contributed by atoms with Gasteiger partial charge in [-0.05, 0) is 29.8 Å². The maximum atomic E-state index is 12.9. The summed E-state index contributed by atoms with van der Waals surface area (Å²) in [7, 11) is 0. The van der Waals surface area contributed by atoms with Gasteiger partial charge in [-0.2, -0.15) is 0 Å². The van der Waals surface area contributed by atoms with Crippen molar-refractivity contribution in [2.45, 2.75) is 19.0 Å². The van der Waals surface area contributed by atoms with Crippen molar-refractivity contribution < 1.29 is 4.79 Å². The van der Waals surface area contributed by atoms with E-state index >= 15 is 0 Å². The molecular weight excluding hydrogens is 419 g/mol. The first-order chi connectivity index (χ1) is 12.7. The van der Waals surface area contributed by atoms with E-state index in [1.165, 1.54) is 0 Å². The van der Waals surface area contributed by atoms with Crippen LogP contribution in [-0.4, -0.2) is 40.0 Å². The second-order valence-electron chi connectivity index (χ2n) is 6.54. The van der Waals surface area contributed by atoms with Gasteiger partial charge in [-0.3, -0.25) is 4.79 Å². The Labute approximate surface area is 181 Å². The van der Waals surface area contributed by atoms with Crippen molar-refractivity contribution in [3.8, 4) is 0 Å². The number of nitrogens with zero attached hydrogens (tertiary/aromatic N) is 3. The van der Waals surface area contributed by atoms with Crippen LogP contribution in [0.25, 0.3) is 11.0 Å². The van der Waals surface area contributed by atoms with Crippen LogP contribution >= 0.6 is 36.4 Å². The van der Waals surface area contributed by atoms with Gasteiger partial charge in [-0.25, -0.2) is 4.98 Å². The van der Waals surface area contributed by atoms with Crippen molar-refractivity contribution in [1.82, 2.24) is 19.8 Å². The molecule has 1 aromatic heterocycles. The van der Waals surface area contributed by atoms with Crippen LogP contribution < -0.4 is 5.32 Å². The Kier molecular flexibility index (Phi) is 8.13. The minimum atomic E-state index is 0. The SMILES string of the molecule is Cl.Cl.O=C(CCn1cnc2ccccc21)N1CCNCC1c1cccc(Cl)c1. The minimum absolute atomic E-state index is 0. The number of carbonyl (C=O) groups is 1. The molecule has 0 aliphatic carbocycles. The van der Waals surface area contributed by atoms with Crippen LogP contribution in [0.5, 0.6) is 0 Å². The van der Waals surface area contributed by atoms with Crippen molar-refractivity contribution in [2.24, 2.45) is 0 Å². The highest BCUT2D eigenvalue weighted by Crippen LogP contribution is 2.25. The summed E-state index contributed by atoms with van der Waals surface area (Å²) >= 11 is 6.14. The zero-order valence-electron chi connectivity index (χ0n) is 15.3. The molecule has 28 heavy (non-hydrogen) atoms. The van der Waals surface area contributed by atoms with E-state index in [9.17, 15) is 4.79 Å². The number of aryl methyl sites for hydroxylation is 1. The van der Waals surface area contributed by atoms with Crippen LogP contribution in [0.2, 0.25) is 5.02 Å². The van der Waals surface area contributed by atoms with Crippen molar-refractivity contribution in [1.29, 1.82) is 0 Å². The lowest BCUT2D eigenvalue weighted by Gasteiger charge is -2.36. The zero-order valence-corrected chi connectivity index (χ0v) is 17.6. The smallest absolute Gasteiger partial charge is 0.224 e. The topological polar surface area (TPSA) is 50.2 Å². The standard InChI is InChI=1S/C20H21ClN4O.2ClH/c21-16-5-3-4-15(12-16)19-13-22-9-11-25(19)20(26)8-10-24-14-23-17-6-1-2-7-18(17)24;;/h1-7,12,14,19,22H,8-11,13H2;2*1H. The molecule has 5 nitrogen and oxygen atoms in total. The Morgan fingerprint density at radius 2 is 2.00 bits per heavy atom. The summed E-state index contributed by atoms with van der Waals surface area (Å²) in [4.78, 5) is 19.3. The van der Waals surface area contributed by atoms with Gasteiger partial charge in [0.15, 0.2) is 0 Å². The van der Waals surface area contributed by atoms with E-state index < -0.39 is 0 Å². The summed E-state index contributed by atoms with van der Waals surface area (Å²) in [5.74, 6) is 0.161. The molecule has 0 radical (unpaired) electrons. The summed E-state index contributed by atoms with van der Waals surface area (Å²) in [5.41, 5.74) is 3.09. The number of carbonyl (C=O) groups excluding carboxylic acids is 1. The fourth-order valence-electron chi connectivity index (χ4n) is 3.56. The van der Waals surface area contributed by atoms with E-state index in [-0.39, 0.29) is 36.8 Å². The fraction of sp³-hybridized carbons (Fsp3) is 0.300. The third kappa shape index (κ3) is 4.78. The number of rotatable bonds is 4. The summed E-state index contributed by atoms with van der Waals surface area (Å²) < 4.78 is 2.05. The van der Waals surface area contributed by atoms with Gasteiger partial charge in [-0.1, -0.05) is 35.9 Å². The normalized spacial score (nSPS) is 16.3. The summed E-state index contributed by atoms with van der Waals surface area (Å²) in [6, 6.07) is 15.8. The summed E-state index contributed by atoms with van der Waals surface area (Å²) in [6.45, 7) is 2.91. The lowest BCUT2D eigenvalue weighted by atomic mass is 10.0. The van der Waals surface area contributed by atoms with E-state index in [0.717, 1.165) is 29.7 Å². The van der Waals surface area contributed by atoms with Crippen LogP contribution in [0, 0.1) is 0 Å². The monoisotopic (exact) mass is 440 g/mol. The zero-order chi connectivity index (χ0) is 17.9. The molecule has 4 rings (SSSR count). The number of nitrogens with one attached hydrogen (secondary N) is 1. The lowest BCUT2D eigenvalue weighted by molar-refractivity contribution is -0.134. The molecule has 1 unspecified atom stereocenters. The van der Waals surface area contributed by atoms with Gasteiger partial charge in [0.1, 0.15) is 0 Å². The number of hydrogen-bond acceptors (Lipinski definition) is 3. The number of para-hydroxylation sites is 2. The number of aromatic nitrogens is 2. The quantitative estimate of drug-likeness (QED) is 0.663. The van der Waals surface area contributed by atoms with Crippen molar-refractivity contribution in [3.63, 3.8) is 0 Å². The summed E-state index contributed by atoms with van der Waals surface area (Å²) in [5, 5.41) is 4.08. The average molecular weight is 442 g/mol. The lowest BCUT2D eigenvalue weighted by Crippen LogP contribution is -2.48. The molecule has 1 amide bonds. The average Bonchev–Trinajstić information content (AvgIpc) is 3.09. The number of fused-ring (bicyclic) bond motifs is 1. The van der Waals surface area contributed by atoms with Crippen LogP contribution in [0.15, 0.2) is 54.9 Å². The Morgan fingerprint density at radius 1 is 1.18 bits per heavy atom. The van der Waals surface area contributed by atoms with E-state index in [0.29, 0.717) is 24.5 Å². The molecule has 1 fully saturated rings. The van der Waals surface area contributed by atoms with Gasteiger partial charge in [-0.15, -0.1) is 24.8 Å².